The molecule has 9 nitrogen and oxygen atoms in total. The zero-order valence-corrected chi connectivity index (χ0v) is 17.5. The van der Waals surface area contributed by atoms with Crippen LogP contribution in [0.2, 0.25) is 0 Å². The highest BCUT2D eigenvalue weighted by molar-refractivity contribution is 7.65. The van der Waals surface area contributed by atoms with Crippen LogP contribution in [0.5, 0.6) is 0 Å². The lowest BCUT2D eigenvalue weighted by atomic mass is 10.1. The van der Waals surface area contributed by atoms with Crippen molar-refractivity contribution in [1.29, 1.82) is 0 Å². The lowest BCUT2D eigenvalue weighted by Crippen LogP contribution is -2.06. The van der Waals surface area contributed by atoms with Crippen molar-refractivity contribution >= 4 is 34.9 Å². The molecule has 5 aromatic rings. The SMILES string of the molecule is Cn1cc2cc(Cn3nnc4ncc(-c5ccc(P(C)(=O)O)cc5)nc43)c(F)cc2n1. The first kappa shape index (κ1) is 19.5. The summed E-state index contributed by atoms with van der Waals surface area (Å²) >= 11 is 0. The van der Waals surface area contributed by atoms with Gasteiger partial charge in [-0.05, 0) is 18.2 Å². The van der Waals surface area contributed by atoms with E-state index >= 15 is 0 Å². The minimum Gasteiger partial charge on any atom is -0.341 e. The maximum absolute atomic E-state index is 14.6. The molecule has 0 spiro atoms. The van der Waals surface area contributed by atoms with Gasteiger partial charge < -0.3 is 4.89 Å². The molecule has 1 N–H and O–H groups in total. The number of benzene rings is 2. The highest BCUT2D eigenvalue weighted by atomic mass is 31.2. The molecule has 0 radical (unpaired) electrons. The Morgan fingerprint density at radius 3 is 2.71 bits per heavy atom. The predicted molar refractivity (Wildman–Crippen MR) is 114 cm³/mol. The molecular formula is C20H17FN7O2P. The van der Waals surface area contributed by atoms with Crippen LogP contribution in [-0.4, -0.2) is 46.3 Å². The Kier molecular flexibility index (Phi) is 4.42. The van der Waals surface area contributed by atoms with E-state index in [2.05, 4.69) is 25.4 Å². The number of hydrogen-bond acceptors (Lipinski definition) is 6. The Hall–Kier alpha value is -3.49. The summed E-state index contributed by atoms with van der Waals surface area (Å²) in [6.07, 6.45) is 3.38. The second-order valence-corrected chi connectivity index (χ2v) is 9.66. The van der Waals surface area contributed by atoms with Gasteiger partial charge in [-0.1, -0.05) is 17.3 Å². The second-order valence-electron chi connectivity index (χ2n) is 7.38. The van der Waals surface area contributed by atoms with Gasteiger partial charge in [0.2, 0.25) is 13.0 Å². The Labute approximate surface area is 175 Å². The maximum atomic E-state index is 14.6. The molecule has 0 aliphatic rings. The largest absolute Gasteiger partial charge is 0.341 e. The fraction of sp³-hybridized carbons (Fsp3) is 0.150. The third kappa shape index (κ3) is 3.60. The van der Waals surface area contributed by atoms with Crippen LogP contribution in [0.3, 0.4) is 0 Å². The minimum atomic E-state index is -3.33. The molecule has 1 atom stereocenters. The van der Waals surface area contributed by atoms with Crippen molar-refractivity contribution in [2.75, 3.05) is 6.66 Å². The number of nitrogens with zero attached hydrogens (tertiary/aromatic N) is 7. The van der Waals surface area contributed by atoms with Gasteiger partial charge in [-0.3, -0.25) is 9.25 Å². The summed E-state index contributed by atoms with van der Waals surface area (Å²) in [6, 6.07) is 9.74. The van der Waals surface area contributed by atoms with E-state index in [9.17, 15) is 13.8 Å². The normalized spacial score (nSPS) is 13.7. The molecule has 2 aromatic carbocycles. The summed E-state index contributed by atoms with van der Waals surface area (Å²) in [6.45, 7) is 1.42. The molecule has 11 heteroatoms. The molecule has 0 aliphatic carbocycles. The van der Waals surface area contributed by atoms with Crippen molar-refractivity contribution in [2.24, 2.45) is 7.05 Å². The molecule has 0 aliphatic heterocycles. The molecular weight excluding hydrogens is 420 g/mol. The lowest BCUT2D eigenvalue weighted by molar-refractivity contribution is 0.496. The molecule has 3 heterocycles. The van der Waals surface area contributed by atoms with Crippen LogP contribution in [-0.2, 0) is 18.2 Å². The van der Waals surface area contributed by atoms with Crippen molar-refractivity contribution in [3.8, 4) is 11.3 Å². The molecule has 1 unspecified atom stereocenters. The van der Waals surface area contributed by atoms with Crippen molar-refractivity contribution in [3.63, 3.8) is 0 Å². The highest BCUT2D eigenvalue weighted by Crippen LogP contribution is 2.34. The van der Waals surface area contributed by atoms with E-state index in [0.717, 1.165) is 10.9 Å². The Balaban J connectivity index is 1.52. The Bertz CT molecular complexity index is 1490. The molecule has 5 rings (SSSR count). The number of hydrogen-bond donors (Lipinski definition) is 1. The highest BCUT2D eigenvalue weighted by Gasteiger charge is 2.16. The van der Waals surface area contributed by atoms with E-state index in [4.69, 9.17) is 0 Å². The molecule has 0 saturated carbocycles. The first-order valence-electron chi connectivity index (χ1n) is 9.37. The fourth-order valence-electron chi connectivity index (χ4n) is 3.41. The van der Waals surface area contributed by atoms with Crippen LogP contribution >= 0.6 is 7.37 Å². The quantitative estimate of drug-likeness (QED) is 0.430. The smallest absolute Gasteiger partial charge is 0.226 e. The van der Waals surface area contributed by atoms with Crippen molar-refractivity contribution in [3.05, 3.63) is 60.2 Å². The second kappa shape index (κ2) is 7.04. The van der Waals surface area contributed by atoms with Gasteiger partial charge in [-0.2, -0.15) is 5.10 Å². The van der Waals surface area contributed by atoms with Crippen LogP contribution in [0.1, 0.15) is 5.56 Å². The molecule has 156 valence electrons. The van der Waals surface area contributed by atoms with Gasteiger partial charge >= 0.3 is 0 Å². The third-order valence-electron chi connectivity index (χ3n) is 4.98. The van der Waals surface area contributed by atoms with Gasteiger partial charge in [0.1, 0.15) is 5.82 Å². The molecule has 0 amide bonds. The van der Waals surface area contributed by atoms with Crippen LogP contribution < -0.4 is 5.30 Å². The van der Waals surface area contributed by atoms with E-state index < -0.39 is 7.37 Å². The van der Waals surface area contributed by atoms with Crippen molar-refractivity contribution in [2.45, 2.75) is 6.54 Å². The summed E-state index contributed by atoms with van der Waals surface area (Å²) in [5.74, 6) is -0.387. The predicted octanol–water partition coefficient (Wildman–Crippen LogP) is 2.49. The van der Waals surface area contributed by atoms with Crippen LogP contribution in [0.15, 0.2) is 48.8 Å². The number of halogens is 1. The topological polar surface area (TPSA) is 112 Å². The Morgan fingerprint density at radius 2 is 1.97 bits per heavy atom. The Morgan fingerprint density at radius 1 is 1.19 bits per heavy atom. The van der Waals surface area contributed by atoms with Crippen molar-refractivity contribution in [1.82, 2.24) is 34.7 Å². The van der Waals surface area contributed by atoms with E-state index in [1.54, 1.807) is 48.3 Å². The molecule has 0 saturated heterocycles. The van der Waals surface area contributed by atoms with Gasteiger partial charge in [0.15, 0.2) is 5.65 Å². The van der Waals surface area contributed by atoms with Crippen LogP contribution in [0.25, 0.3) is 33.5 Å². The van der Waals surface area contributed by atoms with Crippen molar-refractivity contribution < 1.29 is 13.8 Å². The molecule has 0 fully saturated rings. The number of aryl methyl sites for hydroxylation is 1. The number of fused-ring (bicyclic) bond motifs is 2. The fourth-order valence-corrected chi connectivity index (χ4v) is 4.11. The summed E-state index contributed by atoms with van der Waals surface area (Å²) in [4.78, 5) is 18.6. The summed E-state index contributed by atoms with van der Waals surface area (Å²) in [5, 5.41) is 13.5. The zero-order valence-electron chi connectivity index (χ0n) is 16.6. The van der Waals surface area contributed by atoms with Crippen LogP contribution in [0, 0.1) is 5.82 Å². The van der Waals surface area contributed by atoms with E-state index in [1.807, 2.05) is 6.20 Å². The van der Waals surface area contributed by atoms with E-state index in [1.165, 1.54) is 17.4 Å². The van der Waals surface area contributed by atoms with Gasteiger partial charge in [0.25, 0.3) is 0 Å². The standard InChI is InChI=1S/C20H17FN7O2P/c1-27-10-14-7-13(16(21)8-17(14)25-27)11-28-20-19(24-26-28)22-9-18(23-20)12-3-5-15(6-4-12)31(2,29)30/h3-10H,11H2,1-2H3,(H,29,30). The third-order valence-corrected chi connectivity index (χ3v) is 6.23. The van der Waals surface area contributed by atoms with Crippen LogP contribution in [0.4, 0.5) is 4.39 Å². The average Bonchev–Trinajstić information content (AvgIpc) is 3.29. The average molecular weight is 437 g/mol. The van der Waals surface area contributed by atoms with Gasteiger partial charge in [-0.25, -0.2) is 19.0 Å². The first-order valence-corrected chi connectivity index (χ1v) is 11.5. The minimum absolute atomic E-state index is 0.133. The number of aromatic nitrogens is 7. The van der Waals surface area contributed by atoms with Gasteiger partial charge in [-0.15, -0.1) is 5.10 Å². The first-order chi connectivity index (χ1) is 14.8. The zero-order chi connectivity index (χ0) is 21.8. The van der Waals surface area contributed by atoms with E-state index in [-0.39, 0.29) is 12.4 Å². The number of rotatable bonds is 4. The van der Waals surface area contributed by atoms with Gasteiger partial charge in [0.05, 0.1) is 24.0 Å². The summed E-state index contributed by atoms with van der Waals surface area (Å²) in [7, 11) is -1.54. The molecule has 3 aromatic heterocycles. The lowest BCUT2D eigenvalue weighted by Gasteiger charge is -2.07. The molecule has 0 bridgehead atoms. The monoisotopic (exact) mass is 437 g/mol. The summed E-state index contributed by atoms with van der Waals surface area (Å²) < 4.78 is 29.5. The maximum Gasteiger partial charge on any atom is 0.226 e. The molecule has 31 heavy (non-hydrogen) atoms. The van der Waals surface area contributed by atoms with Gasteiger partial charge in [0, 0.05) is 47.8 Å². The van der Waals surface area contributed by atoms with E-state index in [0.29, 0.717) is 33.4 Å². The summed E-state index contributed by atoms with van der Waals surface area (Å²) in [5.41, 5.74) is 3.05.